The van der Waals surface area contributed by atoms with E-state index >= 15 is 0 Å². The Morgan fingerprint density at radius 2 is 1.44 bits per heavy atom. The van der Waals surface area contributed by atoms with Crippen LogP contribution in [0.25, 0.3) is 0 Å². The zero-order valence-corrected chi connectivity index (χ0v) is 11.1. The van der Waals surface area contributed by atoms with Gasteiger partial charge in [-0.3, -0.25) is 0 Å². The van der Waals surface area contributed by atoms with Gasteiger partial charge >= 0.3 is 0 Å². The first-order valence-electron chi connectivity index (χ1n) is 7.42. The smallest absolute Gasteiger partial charge is 0.00415 e. The van der Waals surface area contributed by atoms with Gasteiger partial charge in [0, 0.05) is 6.04 Å². The molecule has 2 aliphatic rings. The van der Waals surface area contributed by atoms with Crippen molar-refractivity contribution in [2.24, 2.45) is 29.4 Å². The summed E-state index contributed by atoms with van der Waals surface area (Å²) in [7, 11) is 0. The lowest BCUT2D eigenvalue weighted by Crippen LogP contribution is -2.30. The van der Waals surface area contributed by atoms with Crippen molar-refractivity contribution in [1.82, 2.24) is 0 Å². The minimum Gasteiger partial charge on any atom is -0.328 e. The van der Waals surface area contributed by atoms with E-state index in [4.69, 9.17) is 5.73 Å². The van der Waals surface area contributed by atoms with E-state index in [9.17, 15) is 0 Å². The monoisotopic (exact) mass is 223 g/mol. The molecule has 0 radical (unpaired) electrons. The van der Waals surface area contributed by atoms with Crippen LogP contribution in [0.5, 0.6) is 0 Å². The van der Waals surface area contributed by atoms with Gasteiger partial charge < -0.3 is 5.73 Å². The molecule has 0 aromatic carbocycles. The van der Waals surface area contributed by atoms with Gasteiger partial charge in [0.05, 0.1) is 0 Å². The summed E-state index contributed by atoms with van der Waals surface area (Å²) < 4.78 is 0. The molecule has 0 amide bonds. The Kier molecular flexibility index (Phi) is 4.29. The number of hydrogen-bond donors (Lipinski definition) is 1. The van der Waals surface area contributed by atoms with E-state index in [1.807, 2.05) is 0 Å². The second-order valence-corrected chi connectivity index (χ2v) is 6.57. The predicted octanol–water partition coefficient (Wildman–Crippen LogP) is 3.97. The van der Waals surface area contributed by atoms with Crippen LogP contribution in [0.15, 0.2) is 0 Å². The summed E-state index contributed by atoms with van der Waals surface area (Å²) >= 11 is 0. The fourth-order valence-electron chi connectivity index (χ4n) is 3.88. The van der Waals surface area contributed by atoms with Crippen molar-refractivity contribution in [3.05, 3.63) is 0 Å². The Balaban J connectivity index is 1.90. The van der Waals surface area contributed by atoms with Crippen LogP contribution in [0, 0.1) is 23.7 Å². The minimum absolute atomic E-state index is 0.502. The summed E-state index contributed by atoms with van der Waals surface area (Å²) in [5.74, 6) is 3.84. The van der Waals surface area contributed by atoms with Crippen LogP contribution in [0.4, 0.5) is 0 Å². The first kappa shape index (κ1) is 12.4. The lowest BCUT2D eigenvalue weighted by molar-refractivity contribution is 0.143. The van der Waals surface area contributed by atoms with Gasteiger partial charge in [-0.2, -0.15) is 0 Å². The molecule has 2 N–H and O–H groups in total. The third-order valence-corrected chi connectivity index (χ3v) is 5.31. The molecule has 5 unspecified atom stereocenters. The summed E-state index contributed by atoms with van der Waals surface area (Å²) in [6.07, 6.45) is 11.2. The largest absolute Gasteiger partial charge is 0.328 e. The highest BCUT2D eigenvalue weighted by Crippen LogP contribution is 2.41. The van der Waals surface area contributed by atoms with Crippen LogP contribution >= 0.6 is 0 Å². The number of hydrogen-bond acceptors (Lipinski definition) is 1. The maximum absolute atomic E-state index is 6.19. The van der Waals surface area contributed by atoms with Crippen LogP contribution < -0.4 is 5.73 Å². The van der Waals surface area contributed by atoms with E-state index in [1.165, 1.54) is 51.4 Å². The highest BCUT2D eigenvalue weighted by Gasteiger charge is 2.31. The van der Waals surface area contributed by atoms with Gasteiger partial charge in [0.1, 0.15) is 0 Å². The molecule has 1 heteroatoms. The molecule has 0 aromatic heterocycles. The van der Waals surface area contributed by atoms with Crippen molar-refractivity contribution in [1.29, 1.82) is 0 Å². The highest BCUT2D eigenvalue weighted by atomic mass is 14.6. The lowest BCUT2D eigenvalue weighted by Gasteiger charge is -2.37. The van der Waals surface area contributed by atoms with Gasteiger partial charge in [0.15, 0.2) is 0 Å². The molecular formula is C15H29N. The van der Waals surface area contributed by atoms with Crippen LogP contribution in [-0.2, 0) is 0 Å². The van der Waals surface area contributed by atoms with Crippen LogP contribution in [0.1, 0.15) is 65.2 Å². The van der Waals surface area contributed by atoms with Crippen molar-refractivity contribution in [2.45, 2.75) is 71.3 Å². The van der Waals surface area contributed by atoms with E-state index in [2.05, 4.69) is 13.8 Å². The second-order valence-electron chi connectivity index (χ2n) is 6.57. The summed E-state index contributed by atoms with van der Waals surface area (Å²) in [6.45, 7) is 4.88. The normalized spacial score (nSPS) is 46.3. The molecule has 0 aliphatic heterocycles. The lowest BCUT2D eigenvalue weighted by atomic mass is 9.69. The van der Waals surface area contributed by atoms with Crippen molar-refractivity contribution < 1.29 is 0 Å². The molecule has 2 saturated carbocycles. The summed E-state index contributed by atoms with van der Waals surface area (Å²) in [5.41, 5.74) is 6.19. The van der Waals surface area contributed by atoms with Gasteiger partial charge in [-0.25, -0.2) is 0 Å². The molecule has 2 aliphatic carbocycles. The third kappa shape index (κ3) is 3.00. The molecule has 0 aromatic rings. The molecule has 2 fully saturated rings. The molecule has 0 heterocycles. The Bertz CT molecular complexity index is 213. The van der Waals surface area contributed by atoms with E-state index < -0.39 is 0 Å². The molecule has 0 spiro atoms. The molecule has 0 bridgehead atoms. The topological polar surface area (TPSA) is 26.0 Å². The van der Waals surface area contributed by atoms with Gasteiger partial charge in [-0.05, 0) is 49.4 Å². The number of nitrogens with two attached hydrogens (primary N) is 1. The molecule has 0 saturated heterocycles. The van der Waals surface area contributed by atoms with Crippen molar-refractivity contribution >= 4 is 0 Å². The first-order valence-corrected chi connectivity index (χ1v) is 7.42. The highest BCUT2D eigenvalue weighted by molar-refractivity contribution is 4.83. The maximum Gasteiger partial charge on any atom is 0.00415 e. The van der Waals surface area contributed by atoms with Crippen molar-refractivity contribution in [3.63, 3.8) is 0 Å². The van der Waals surface area contributed by atoms with Gasteiger partial charge in [-0.15, -0.1) is 0 Å². The summed E-state index contributed by atoms with van der Waals surface area (Å²) in [4.78, 5) is 0. The van der Waals surface area contributed by atoms with Crippen LogP contribution in [-0.4, -0.2) is 6.04 Å². The minimum atomic E-state index is 0.502. The molecule has 2 rings (SSSR count). The molecular weight excluding hydrogens is 194 g/mol. The summed E-state index contributed by atoms with van der Waals surface area (Å²) in [5, 5.41) is 0. The average molecular weight is 223 g/mol. The molecule has 1 nitrogen and oxygen atoms in total. The predicted molar refractivity (Wildman–Crippen MR) is 70.2 cm³/mol. The van der Waals surface area contributed by atoms with Crippen LogP contribution in [0.2, 0.25) is 0 Å². The SMILES string of the molecule is CC1CCC(C2CCCCC(N)C2)CC1C. The van der Waals surface area contributed by atoms with Gasteiger partial charge in [0.2, 0.25) is 0 Å². The van der Waals surface area contributed by atoms with Crippen molar-refractivity contribution in [3.8, 4) is 0 Å². The quantitative estimate of drug-likeness (QED) is 0.669. The Labute approximate surface area is 101 Å². The summed E-state index contributed by atoms with van der Waals surface area (Å²) in [6, 6.07) is 0.502. The molecule has 94 valence electrons. The average Bonchev–Trinajstić information content (AvgIpc) is 2.47. The van der Waals surface area contributed by atoms with E-state index in [0.717, 1.165) is 23.7 Å². The zero-order valence-electron chi connectivity index (χ0n) is 11.1. The van der Waals surface area contributed by atoms with E-state index in [0.29, 0.717) is 6.04 Å². The van der Waals surface area contributed by atoms with Gasteiger partial charge in [0.25, 0.3) is 0 Å². The Morgan fingerprint density at radius 3 is 2.19 bits per heavy atom. The Hall–Kier alpha value is -0.0400. The first-order chi connectivity index (χ1) is 7.66. The van der Waals surface area contributed by atoms with E-state index in [-0.39, 0.29) is 0 Å². The fraction of sp³-hybridized carbons (Fsp3) is 1.00. The van der Waals surface area contributed by atoms with Crippen LogP contribution in [0.3, 0.4) is 0 Å². The van der Waals surface area contributed by atoms with E-state index in [1.54, 1.807) is 0 Å². The third-order valence-electron chi connectivity index (χ3n) is 5.31. The van der Waals surface area contributed by atoms with Gasteiger partial charge in [-0.1, -0.05) is 39.5 Å². The standard InChI is InChI=1S/C15H29N/c1-11-7-8-14(9-12(11)2)13-5-3-4-6-15(16)10-13/h11-15H,3-10,16H2,1-2H3. The second kappa shape index (κ2) is 5.53. The van der Waals surface area contributed by atoms with Crippen molar-refractivity contribution in [2.75, 3.05) is 0 Å². The maximum atomic E-state index is 6.19. The zero-order chi connectivity index (χ0) is 11.5. The number of rotatable bonds is 1. The molecule has 5 atom stereocenters. The fourth-order valence-corrected chi connectivity index (χ4v) is 3.88. The Morgan fingerprint density at radius 1 is 0.750 bits per heavy atom. The molecule has 16 heavy (non-hydrogen) atoms.